The second kappa shape index (κ2) is 12.7. The van der Waals surface area contributed by atoms with Gasteiger partial charge in [-0.3, -0.25) is 9.59 Å². The van der Waals surface area contributed by atoms with E-state index in [0.717, 1.165) is 18.4 Å². The molecular weight excluding hydrogens is 447 g/mol. The predicted octanol–water partition coefficient (Wildman–Crippen LogP) is 5.83. The minimum atomic E-state index is -0.666. The number of amides is 2. The molecular formula is C25H32Cl2N2O3. The van der Waals surface area contributed by atoms with Gasteiger partial charge in [-0.05, 0) is 54.7 Å². The van der Waals surface area contributed by atoms with E-state index in [-0.39, 0.29) is 25.0 Å². The fourth-order valence-corrected chi connectivity index (χ4v) is 3.45. The molecule has 0 saturated carbocycles. The monoisotopic (exact) mass is 478 g/mol. The lowest BCUT2D eigenvalue weighted by atomic mass is 10.0. The van der Waals surface area contributed by atoms with Crippen LogP contribution >= 0.6 is 23.2 Å². The van der Waals surface area contributed by atoms with Gasteiger partial charge in [0.25, 0.3) is 5.91 Å². The van der Waals surface area contributed by atoms with Gasteiger partial charge < -0.3 is 15.0 Å². The SMILES string of the molecule is CCCCNC(=O)[C@H](C)N(Cc1ccc(Cl)c(Cl)c1)C(=O)COc1ccc(C(C)C)cc1. The molecule has 1 N–H and O–H groups in total. The summed E-state index contributed by atoms with van der Waals surface area (Å²) in [6.07, 6.45) is 1.86. The Morgan fingerprint density at radius 3 is 2.31 bits per heavy atom. The summed E-state index contributed by atoms with van der Waals surface area (Å²) in [5.41, 5.74) is 1.98. The van der Waals surface area contributed by atoms with Crippen molar-refractivity contribution in [3.63, 3.8) is 0 Å². The summed E-state index contributed by atoms with van der Waals surface area (Å²) in [6, 6.07) is 12.2. The Morgan fingerprint density at radius 1 is 1.03 bits per heavy atom. The molecule has 32 heavy (non-hydrogen) atoms. The Hall–Kier alpha value is -2.24. The number of benzene rings is 2. The first-order valence-corrected chi connectivity index (χ1v) is 11.7. The first-order valence-electron chi connectivity index (χ1n) is 11.0. The van der Waals surface area contributed by atoms with Gasteiger partial charge in [-0.25, -0.2) is 0 Å². The first-order chi connectivity index (χ1) is 15.2. The number of hydrogen-bond donors (Lipinski definition) is 1. The highest BCUT2D eigenvalue weighted by atomic mass is 35.5. The third kappa shape index (κ3) is 7.72. The molecule has 0 radical (unpaired) electrons. The number of carbonyl (C=O) groups excluding carboxylic acids is 2. The van der Waals surface area contributed by atoms with Crippen molar-refractivity contribution in [2.24, 2.45) is 0 Å². The zero-order valence-corrected chi connectivity index (χ0v) is 20.7. The lowest BCUT2D eigenvalue weighted by molar-refractivity contribution is -0.142. The number of rotatable bonds is 11. The molecule has 0 bridgehead atoms. The van der Waals surface area contributed by atoms with Gasteiger partial charge in [-0.15, -0.1) is 0 Å². The normalized spacial score (nSPS) is 11.8. The summed E-state index contributed by atoms with van der Waals surface area (Å²) in [4.78, 5) is 27.2. The van der Waals surface area contributed by atoms with E-state index in [9.17, 15) is 9.59 Å². The molecule has 2 amide bonds. The van der Waals surface area contributed by atoms with Crippen molar-refractivity contribution >= 4 is 35.0 Å². The van der Waals surface area contributed by atoms with E-state index in [1.165, 1.54) is 10.5 Å². The third-order valence-electron chi connectivity index (χ3n) is 5.24. The van der Waals surface area contributed by atoms with Gasteiger partial charge in [-0.2, -0.15) is 0 Å². The van der Waals surface area contributed by atoms with Crippen LogP contribution in [0.5, 0.6) is 5.75 Å². The highest BCUT2D eigenvalue weighted by Gasteiger charge is 2.26. The molecule has 0 aliphatic carbocycles. The summed E-state index contributed by atoms with van der Waals surface area (Å²) >= 11 is 12.2. The van der Waals surface area contributed by atoms with Crippen molar-refractivity contribution in [1.82, 2.24) is 10.2 Å². The van der Waals surface area contributed by atoms with Gasteiger partial charge in [0.15, 0.2) is 6.61 Å². The Balaban J connectivity index is 2.13. The van der Waals surface area contributed by atoms with Gasteiger partial charge in [0.05, 0.1) is 10.0 Å². The van der Waals surface area contributed by atoms with Crippen LogP contribution in [0.15, 0.2) is 42.5 Å². The van der Waals surface area contributed by atoms with E-state index in [1.807, 2.05) is 24.3 Å². The smallest absolute Gasteiger partial charge is 0.261 e. The van der Waals surface area contributed by atoms with Crippen LogP contribution in [0.4, 0.5) is 0 Å². The fourth-order valence-electron chi connectivity index (χ4n) is 3.13. The van der Waals surface area contributed by atoms with Crippen molar-refractivity contribution in [2.45, 2.75) is 59.0 Å². The molecule has 1 atom stereocenters. The molecule has 0 fully saturated rings. The van der Waals surface area contributed by atoms with Crippen LogP contribution in [0.1, 0.15) is 57.6 Å². The minimum absolute atomic E-state index is 0.172. The van der Waals surface area contributed by atoms with Crippen molar-refractivity contribution < 1.29 is 14.3 Å². The quantitative estimate of drug-likeness (QED) is 0.413. The Labute approximate surface area is 201 Å². The number of nitrogens with one attached hydrogen (secondary N) is 1. The van der Waals surface area contributed by atoms with E-state index < -0.39 is 6.04 Å². The van der Waals surface area contributed by atoms with Crippen LogP contribution < -0.4 is 10.1 Å². The zero-order chi connectivity index (χ0) is 23.7. The lowest BCUT2D eigenvalue weighted by Gasteiger charge is -2.29. The first kappa shape index (κ1) is 26.0. The molecule has 0 spiro atoms. The lowest BCUT2D eigenvalue weighted by Crippen LogP contribution is -2.49. The average molecular weight is 479 g/mol. The van der Waals surface area contributed by atoms with Gasteiger partial charge >= 0.3 is 0 Å². The Kier molecular flexibility index (Phi) is 10.3. The second-order valence-corrected chi connectivity index (χ2v) is 8.92. The number of carbonyl (C=O) groups is 2. The molecule has 0 aliphatic heterocycles. The van der Waals surface area contributed by atoms with E-state index in [4.69, 9.17) is 27.9 Å². The Morgan fingerprint density at radius 2 is 1.72 bits per heavy atom. The summed E-state index contributed by atoms with van der Waals surface area (Å²) in [6.45, 7) is 8.63. The van der Waals surface area contributed by atoms with Crippen LogP contribution in [-0.4, -0.2) is 35.9 Å². The van der Waals surface area contributed by atoms with Crippen LogP contribution in [0.2, 0.25) is 10.0 Å². The minimum Gasteiger partial charge on any atom is -0.484 e. The molecule has 0 unspecified atom stereocenters. The van der Waals surface area contributed by atoms with Crippen molar-refractivity contribution in [2.75, 3.05) is 13.2 Å². The van der Waals surface area contributed by atoms with E-state index in [1.54, 1.807) is 25.1 Å². The third-order valence-corrected chi connectivity index (χ3v) is 5.98. The van der Waals surface area contributed by atoms with Crippen molar-refractivity contribution in [3.05, 3.63) is 63.6 Å². The highest BCUT2D eigenvalue weighted by Crippen LogP contribution is 2.24. The maximum atomic E-state index is 13.1. The molecule has 2 aromatic rings. The fraction of sp³-hybridized carbons (Fsp3) is 0.440. The van der Waals surface area contributed by atoms with Crippen LogP contribution in [-0.2, 0) is 16.1 Å². The van der Waals surface area contributed by atoms with Crippen molar-refractivity contribution in [1.29, 1.82) is 0 Å². The molecule has 0 heterocycles. The molecule has 174 valence electrons. The second-order valence-electron chi connectivity index (χ2n) is 8.10. The highest BCUT2D eigenvalue weighted by molar-refractivity contribution is 6.42. The number of unbranched alkanes of at least 4 members (excludes halogenated alkanes) is 1. The average Bonchev–Trinajstić information content (AvgIpc) is 2.78. The number of nitrogens with zero attached hydrogens (tertiary/aromatic N) is 1. The van der Waals surface area contributed by atoms with Crippen LogP contribution in [0.25, 0.3) is 0 Å². The van der Waals surface area contributed by atoms with E-state index >= 15 is 0 Å². The van der Waals surface area contributed by atoms with Crippen molar-refractivity contribution in [3.8, 4) is 5.75 Å². The van der Waals surface area contributed by atoms with E-state index in [2.05, 4.69) is 26.1 Å². The maximum Gasteiger partial charge on any atom is 0.261 e. The number of hydrogen-bond acceptors (Lipinski definition) is 3. The van der Waals surface area contributed by atoms with Gasteiger partial charge in [0.2, 0.25) is 5.91 Å². The molecule has 7 heteroatoms. The predicted molar refractivity (Wildman–Crippen MR) is 130 cm³/mol. The maximum absolute atomic E-state index is 13.1. The largest absolute Gasteiger partial charge is 0.484 e. The molecule has 0 aliphatic rings. The Bertz CT molecular complexity index is 901. The molecule has 2 aromatic carbocycles. The number of halogens is 2. The molecule has 0 aromatic heterocycles. The summed E-state index contributed by atoms with van der Waals surface area (Å²) in [7, 11) is 0. The standard InChI is InChI=1S/C25H32Cl2N2O3/c1-5-6-13-28-25(31)18(4)29(15-19-7-12-22(26)23(27)14-19)24(30)16-32-21-10-8-20(9-11-21)17(2)3/h7-12,14,17-18H,5-6,13,15-16H2,1-4H3,(H,28,31)/t18-/m0/s1. The summed E-state index contributed by atoms with van der Waals surface area (Å²) in [5, 5.41) is 3.73. The zero-order valence-electron chi connectivity index (χ0n) is 19.2. The number of ether oxygens (including phenoxy) is 1. The van der Waals surface area contributed by atoms with E-state index in [0.29, 0.717) is 28.3 Å². The van der Waals surface area contributed by atoms with Gasteiger partial charge in [0, 0.05) is 13.1 Å². The van der Waals surface area contributed by atoms with Gasteiger partial charge in [0.1, 0.15) is 11.8 Å². The van der Waals surface area contributed by atoms with Crippen LogP contribution in [0, 0.1) is 0 Å². The summed E-state index contributed by atoms with van der Waals surface area (Å²) < 4.78 is 5.72. The van der Waals surface area contributed by atoms with Crippen LogP contribution in [0.3, 0.4) is 0 Å². The van der Waals surface area contributed by atoms with Gasteiger partial charge in [-0.1, -0.05) is 68.6 Å². The topological polar surface area (TPSA) is 58.6 Å². The molecule has 5 nitrogen and oxygen atoms in total. The molecule has 0 saturated heterocycles. The summed E-state index contributed by atoms with van der Waals surface area (Å²) in [5.74, 6) is 0.534. The molecule has 2 rings (SSSR count).